The van der Waals surface area contributed by atoms with Crippen molar-refractivity contribution in [1.29, 1.82) is 0 Å². The van der Waals surface area contributed by atoms with Gasteiger partial charge in [0.05, 0.1) is 19.3 Å². The summed E-state index contributed by atoms with van der Waals surface area (Å²) in [4.78, 5) is 27.8. The minimum atomic E-state index is -2.87. The number of hydrogen-bond acceptors (Lipinski definition) is 14. The quantitative estimate of drug-likeness (QED) is 0.191. The molecule has 9 N–H and O–H groups in total. The van der Waals surface area contributed by atoms with Crippen LogP contribution in [0.4, 0.5) is 0 Å². The Kier molecular flexibility index (Phi) is 5.79. The molecule has 0 spiro atoms. The monoisotopic (exact) mass is 616 g/mol. The smallest absolute Gasteiger partial charge is 0.226 e. The maximum absolute atomic E-state index is 13.9. The van der Waals surface area contributed by atoms with Gasteiger partial charge in [0.1, 0.15) is 46.3 Å². The number of ether oxygens (including phenoxy) is 3. The Bertz CT molecular complexity index is 1640. The number of Topliss-reactive ketones (excluding diaryl/α,β-unsaturated/α-hetero) is 2. The van der Waals surface area contributed by atoms with Crippen LogP contribution in [0.15, 0.2) is 24.3 Å². The van der Waals surface area contributed by atoms with Gasteiger partial charge in [0.2, 0.25) is 23.0 Å². The number of carbonyl (C=O) groups excluding carboxylic acids is 2. The zero-order chi connectivity index (χ0) is 31.9. The normalized spacial score (nSPS) is 43.7. The van der Waals surface area contributed by atoms with E-state index >= 15 is 0 Å². The summed E-state index contributed by atoms with van der Waals surface area (Å²) in [6, 6.07) is 4.88. The van der Waals surface area contributed by atoms with E-state index in [1.807, 2.05) is 0 Å². The third-order valence-electron chi connectivity index (χ3n) is 10.6. The van der Waals surface area contributed by atoms with Crippen molar-refractivity contribution in [2.75, 3.05) is 13.2 Å². The lowest BCUT2D eigenvalue weighted by atomic mass is 9.60. The number of aliphatic hydroxyl groups is 7. The van der Waals surface area contributed by atoms with Crippen molar-refractivity contribution in [3.8, 4) is 34.1 Å². The minimum absolute atomic E-state index is 0.230. The molecule has 0 amide bonds. The summed E-state index contributed by atoms with van der Waals surface area (Å²) in [5, 5.41) is 100. The van der Waals surface area contributed by atoms with Gasteiger partial charge in [-0.25, -0.2) is 0 Å². The van der Waals surface area contributed by atoms with Gasteiger partial charge in [-0.3, -0.25) is 9.59 Å². The number of fused-ring (bicyclic) bond motifs is 3. The molecule has 10 atom stereocenters. The highest BCUT2D eigenvalue weighted by molar-refractivity contribution is 6.13. The Morgan fingerprint density at radius 1 is 0.818 bits per heavy atom. The maximum Gasteiger partial charge on any atom is 0.226 e. The van der Waals surface area contributed by atoms with Gasteiger partial charge in [-0.1, -0.05) is 13.8 Å². The molecule has 0 aromatic heterocycles. The van der Waals surface area contributed by atoms with E-state index < -0.39 is 106 Å². The molecule has 236 valence electrons. The summed E-state index contributed by atoms with van der Waals surface area (Å²) in [7, 11) is 0. The fourth-order valence-electron chi connectivity index (χ4n) is 8.11. The number of phenols is 2. The van der Waals surface area contributed by atoms with Crippen LogP contribution in [-0.4, -0.2) is 117 Å². The van der Waals surface area contributed by atoms with Crippen molar-refractivity contribution in [2.24, 2.45) is 11.8 Å². The molecule has 10 unspecified atom stereocenters. The number of aliphatic hydroxyl groups excluding tert-OH is 4. The Morgan fingerprint density at radius 2 is 1.39 bits per heavy atom. The highest BCUT2D eigenvalue weighted by Gasteiger charge is 2.82. The first-order valence-electron chi connectivity index (χ1n) is 14.2. The van der Waals surface area contributed by atoms with E-state index in [4.69, 9.17) is 14.2 Å². The SMILES string of the molecule is CC1CC(O)C2(O)C(=O)c3c(ccc(-c4ccc5c(c4O)C(=O)C4(O)C6(O)CC(C)C(O)C4(CO6)O5)c3O)OC2(CO)C1O. The van der Waals surface area contributed by atoms with Crippen LogP contribution in [0.3, 0.4) is 0 Å². The van der Waals surface area contributed by atoms with Crippen LogP contribution < -0.4 is 9.47 Å². The van der Waals surface area contributed by atoms with Gasteiger partial charge in [0.25, 0.3) is 0 Å². The molecule has 5 aliphatic rings. The number of carbonyl (C=O) groups is 2. The molecule has 44 heavy (non-hydrogen) atoms. The summed E-state index contributed by atoms with van der Waals surface area (Å²) >= 11 is 0. The molecule has 7 rings (SSSR count). The molecule has 2 aromatic carbocycles. The number of phenolic OH excluding ortho intramolecular Hbond substituents is 2. The predicted molar refractivity (Wildman–Crippen MR) is 144 cm³/mol. The molecule has 3 aliphatic heterocycles. The first kappa shape index (κ1) is 29.4. The third kappa shape index (κ3) is 2.94. The van der Waals surface area contributed by atoms with E-state index in [1.54, 1.807) is 13.8 Å². The van der Waals surface area contributed by atoms with E-state index in [9.17, 15) is 55.5 Å². The molecule has 2 saturated carbocycles. The molecule has 2 bridgehead atoms. The molecule has 14 nitrogen and oxygen atoms in total. The Hall–Kier alpha value is -3.34. The minimum Gasteiger partial charge on any atom is -0.506 e. The predicted octanol–water partition coefficient (Wildman–Crippen LogP) is -1.27. The van der Waals surface area contributed by atoms with Gasteiger partial charge in [0, 0.05) is 17.5 Å². The molecule has 3 fully saturated rings. The van der Waals surface area contributed by atoms with Crippen LogP contribution in [0.25, 0.3) is 11.1 Å². The number of hydrogen-bond donors (Lipinski definition) is 9. The Morgan fingerprint density at radius 3 is 1.98 bits per heavy atom. The average Bonchev–Trinajstić information content (AvgIpc) is 3.15. The molecular formula is C30H32O14. The molecular weight excluding hydrogens is 584 g/mol. The molecule has 0 radical (unpaired) electrons. The Labute approximate surface area is 249 Å². The second kappa shape index (κ2) is 8.68. The second-order valence-electron chi connectivity index (χ2n) is 12.8. The highest BCUT2D eigenvalue weighted by atomic mass is 16.7. The maximum atomic E-state index is 13.9. The standard InChI is InChI=1S/C30H32O14/c1-11-7-17(32)29(40)24(37)18-15(43-26(29,9-31)22(11)35)5-3-13(20(18)33)14-4-6-16-19(21(14)34)25(38)30(41)27(44-16)10-42-28(30,39)8-12(2)23(27)36/h3-6,11-12,17,22-23,31-36,39-41H,7-10H2,1-2H3. The van der Waals surface area contributed by atoms with Crippen molar-refractivity contribution in [3.05, 3.63) is 35.4 Å². The third-order valence-corrected chi connectivity index (χ3v) is 10.6. The van der Waals surface area contributed by atoms with Gasteiger partial charge in [-0.2, -0.15) is 0 Å². The van der Waals surface area contributed by atoms with Gasteiger partial charge >= 0.3 is 0 Å². The number of ketones is 2. The summed E-state index contributed by atoms with van der Waals surface area (Å²) in [6.45, 7) is 1.56. The van der Waals surface area contributed by atoms with Crippen LogP contribution in [-0.2, 0) is 4.74 Å². The van der Waals surface area contributed by atoms with Gasteiger partial charge in [0.15, 0.2) is 16.8 Å². The summed E-state index contributed by atoms with van der Waals surface area (Å²) in [5.74, 6) is -8.42. The summed E-state index contributed by atoms with van der Waals surface area (Å²) < 4.78 is 17.2. The molecule has 14 heteroatoms. The average molecular weight is 617 g/mol. The largest absolute Gasteiger partial charge is 0.506 e. The van der Waals surface area contributed by atoms with Gasteiger partial charge in [-0.15, -0.1) is 0 Å². The van der Waals surface area contributed by atoms with E-state index in [0.29, 0.717) is 0 Å². The van der Waals surface area contributed by atoms with Crippen molar-refractivity contribution < 1.29 is 69.8 Å². The summed E-state index contributed by atoms with van der Waals surface area (Å²) in [5.41, 5.74) is -11.8. The van der Waals surface area contributed by atoms with Crippen LogP contribution in [0.5, 0.6) is 23.0 Å². The summed E-state index contributed by atoms with van der Waals surface area (Å²) in [6.07, 6.45) is -5.36. The highest BCUT2D eigenvalue weighted by Crippen LogP contribution is 2.60. The lowest BCUT2D eigenvalue weighted by Gasteiger charge is -2.56. The number of benzene rings is 2. The fourth-order valence-corrected chi connectivity index (χ4v) is 8.11. The van der Waals surface area contributed by atoms with Crippen LogP contribution in [0, 0.1) is 11.8 Å². The number of rotatable bonds is 2. The molecule has 1 saturated heterocycles. The zero-order valence-electron chi connectivity index (χ0n) is 23.6. The molecule has 2 aliphatic carbocycles. The Balaban J connectivity index is 1.37. The van der Waals surface area contributed by atoms with Crippen LogP contribution in [0.1, 0.15) is 47.4 Å². The van der Waals surface area contributed by atoms with E-state index in [2.05, 4.69) is 0 Å². The van der Waals surface area contributed by atoms with Crippen molar-refractivity contribution >= 4 is 11.6 Å². The lowest BCUT2D eigenvalue weighted by molar-refractivity contribution is -0.288. The zero-order valence-corrected chi connectivity index (χ0v) is 23.6. The topological polar surface area (TPSA) is 244 Å². The number of aromatic hydroxyl groups is 2. The molecule has 2 aromatic rings. The van der Waals surface area contributed by atoms with Crippen molar-refractivity contribution in [3.63, 3.8) is 0 Å². The fraction of sp³-hybridized carbons (Fsp3) is 0.533. The van der Waals surface area contributed by atoms with Crippen LogP contribution in [0.2, 0.25) is 0 Å². The van der Waals surface area contributed by atoms with Crippen LogP contribution >= 0.6 is 0 Å². The molecule has 3 heterocycles. The first-order valence-corrected chi connectivity index (χ1v) is 14.2. The van der Waals surface area contributed by atoms with E-state index in [1.165, 1.54) is 24.3 Å². The lowest BCUT2D eigenvalue weighted by Crippen LogP contribution is -2.79. The van der Waals surface area contributed by atoms with Crippen molar-refractivity contribution in [1.82, 2.24) is 0 Å². The van der Waals surface area contributed by atoms with E-state index in [0.717, 1.165) is 0 Å². The van der Waals surface area contributed by atoms with Crippen molar-refractivity contribution in [2.45, 2.75) is 73.2 Å². The van der Waals surface area contributed by atoms with E-state index in [-0.39, 0.29) is 35.5 Å². The van der Waals surface area contributed by atoms with Gasteiger partial charge < -0.3 is 60.2 Å². The second-order valence-corrected chi connectivity index (χ2v) is 12.8. The van der Waals surface area contributed by atoms with Gasteiger partial charge in [-0.05, 0) is 42.5 Å². The first-order chi connectivity index (χ1) is 20.6.